The predicted octanol–water partition coefficient (Wildman–Crippen LogP) is 3.12. The van der Waals surface area contributed by atoms with Crippen LogP contribution in [0.15, 0.2) is 42.7 Å². The van der Waals surface area contributed by atoms with Crippen LogP contribution in [0.2, 0.25) is 0 Å². The molecule has 1 amide bonds. The van der Waals surface area contributed by atoms with Crippen molar-refractivity contribution < 1.29 is 9.90 Å². The molecule has 3 atom stereocenters. The number of aliphatic hydroxyl groups is 1. The van der Waals surface area contributed by atoms with Gasteiger partial charge in [0, 0.05) is 37.3 Å². The summed E-state index contributed by atoms with van der Waals surface area (Å²) in [7, 11) is 0. The number of rotatable bonds is 4. The van der Waals surface area contributed by atoms with Gasteiger partial charge in [0.2, 0.25) is 5.91 Å². The van der Waals surface area contributed by atoms with Crippen molar-refractivity contribution in [2.24, 2.45) is 5.92 Å². The lowest BCUT2D eigenvalue weighted by atomic mass is 9.66. The predicted molar refractivity (Wildman–Crippen MR) is 104 cm³/mol. The molecule has 2 aromatic rings. The summed E-state index contributed by atoms with van der Waals surface area (Å²) >= 11 is 0. The highest BCUT2D eigenvalue weighted by atomic mass is 16.3. The van der Waals surface area contributed by atoms with Crippen LogP contribution in [0.25, 0.3) is 0 Å². The van der Waals surface area contributed by atoms with Gasteiger partial charge >= 0.3 is 0 Å². The first-order valence-electron chi connectivity index (χ1n) is 10.2. The largest absolute Gasteiger partial charge is 0.385 e. The van der Waals surface area contributed by atoms with Crippen molar-refractivity contribution in [1.29, 1.82) is 0 Å². The number of nitrogens with zero attached hydrogens (tertiary/aromatic N) is 3. The molecule has 2 heterocycles. The molecule has 0 unspecified atom stereocenters. The van der Waals surface area contributed by atoms with Crippen molar-refractivity contribution in [3.05, 3.63) is 54.1 Å². The molecular formula is C22H29N3O2. The highest BCUT2D eigenvalue weighted by Crippen LogP contribution is 2.46. The van der Waals surface area contributed by atoms with Gasteiger partial charge < -0.3 is 14.6 Å². The summed E-state index contributed by atoms with van der Waals surface area (Å²) in [5, 5.41) is 11.6. The van der Waals surface area contributed by atoms with Gasteiger partial charge in [-0.05, 0) is 24.8 Å². The second-order valence-electron chi connectivity index (χ2n) is 7.91. The number of carbonyl (C=O) groups excluding carboxylic acids is 1. The third kappa shape index (κ3) is 3.29. The first-order valence-corrected chi connectivity index (χ1v) is 10.2. The molecule has 1 aliphatic heterocycles. The number of hydrogen-bond acceptors (Lipinski definition) is 3. The first-order chi connectivity index (χ1) is 13.1. The van der Waals surface area contributed by atoms with Crippen LogP contribution in [-0.2, 0) is 23.4 Å². The summed E-state index contributed by atoms with van der Waals surface area (Å²) in [5.41, 5.74) is 0.170. The lowest BCUT2D eigenvalue weighted by molar-refractivity contribution is -0.155. The smallest absolute Gasteiger partial charge is 0.242 e. The molecule has 1 saturated heterocycles. The molecule has 27 heavy (non-hydrogen) atoms. The molecular weight excluding hydrogens is 338 g/mol. The fourth-order valence-corrected chi connectivity index (χ4v) is 5.11. The highest BCUT2D eigenvalue weighted by Gasteiger charge is 2.50. The van der Waals surface area contributed by atoms with E-state index in [0.29, 0.717) is 19.5 Å². The lowest BCUT2D eigenvalue weighted by Crippen LogP contribution is -2.59. The van der Waals surface area contributed by atoms with Crippen LogP contribution in [-0.4, -0.2) is 38.1 Å². The molecule has 2 fully saturated rings. The normalized spacial score (nSPS) is 28.0. The summed E-state index contributed by atoms with van der Waals surface area (Å²) in [6.45, 7) is 3.01. The summed E-state index contributed by atoms with van der Waals surface area (Å²) in [6.07, 6.45) is 9.29. The van der Waals surface area contributed by atoms with E-state index in [2.05, 4.69) is 11.9 Å². The van der Waals surface area contributed by atoms with Crippen LogP contribution in [0.5, 0.6) is 0 Å². The number of aryl methyl sites for hydroxylation is 1. The molecule has 0 spiro atoms. The van der Waals surface area contributed by atoms with Crippen molar-refractivity contribution in [2.75, 3.05) is 6.54 Å². The SMILES string of the molecule is CCc1nccn1CC(=O)N1CC[C@@](O)(c2ccccc2)[C@H]2CCCC[C@@H]21. The fourth-order valence-electron chi connectivity index (χ4n) is 5.11. The standard InChI is InChI=1S/C22H29N3O2/c1-2-20-23-13-15-24(20)16-21(26)25-14-12-22(27,17-8-4-3-5-9-17)18-10-6-7-11-19(18)25/h3-5,8-9,13,15,18-19,27H,2,6-7,10-12,14,16H2,1H3/t18-,19-,22+/m0/s1. The molecule has 5 heteroatoms. The summed E-state index contributed by atoms with van der Waals surface area (Å²) in [6, 6.07) is 10.2. The van der Waals surface area contributed by atoms with Crippen LogP contribution in [0.1, 0.15) is 50.4 Å². The Bertz CT molecular complexity index is 788. The van der Waals surface area contributed by atoms with E-state index >= 15 is 0 Å². The number of fused-ring (bicyclic) bond motifs is 1. The number of aromatic nitrogens is 2. The minimum atomic E-state index is -0.827. The molecule has 0 radical (unpaired) electrons. The van der Waals surface area contributed by atoms with Crippen LogP contribution in [0.4, 0.5) is 0 Å². The second kappa shape index (κ2) is 7.47. The Morgan fingerprint density at radius 1 is 1.26 bits per heavy atom. The maximum atomic E-state index is 13.1. The molecule has 1 aromatic heterocycles. The number of likely N-dealkylation sites (tertiary alicyclic amines) is 1. The monoisotopic (exact) mass is 367 g/mol. The van der Waals surface area contributed by atoms with Crippen LogP contribution >= 0.6 is 0 Å². The molecule has 1 aliphatic carbocycles. The number of imidazole rings is 1. The second-order valence-corrected chi connectivity index (χ2v) is 7.91. The number of hydrogen-bond donors (Lipinski definition) is 1. The molecule has 144 valence electrons. The highest BCUT2D eigenvalue weighted by molar-refractivity contribution is 5.76. The van der Waals surface area contributed by atoms with E-state index in [-0.39, 0.29) is 17.9 Å². The van der Waals surface area contributed by atoms with E-state index in [9.17, 15) is 9.90 Å². The van der Waals surface area contributed by atoms with E-state index in [0.717, 1.165) is 43.5 Å². The minimum Gasteiger partial charge on any atom is -0.385 e. The molecule has 1 N–H and O–H groups in total. The average molecular weight is 367 g/mol. The van der Waals surface area contributed by atoms with Gasteiger partial charge in [-0.1, -0.05) is 50.1 Å². The maximum absolute atomic E-state index is 13.1. The summed E-state index contributed by atoms with van der Waals surface area (Å²) < 4.78 is 1.96. The fraction of sp³-hybridized carbons (Fsp3) is 0.545. The molecule has 4 rings (SSSR count). The van der Waals surface area contributed by atoms with Gasteiger partial charge in [-0.3, -0.25) is 4.79 Å². The van der Waals surface area contributed by atoms with Gasteiger partial charge in [-0.25, -0.2) is 4.98 Å². The first kappa shape index (κ1) is 18.2. The quantitative estimate of drug-likeness (QED) is 0.903. The molecule has 2 aliphatic rings. The third-order valence-corrected chi connectivity index (χ3v) is 6.49. The Morgan fingerprint density at radius 2 is 2.04 bits per heavy atom. The van der Waals surface area contributed by atoms with Gasteiger partial charge in [0.05, 0.1) is 5.60 Å². The maximum Gasteiger partial charge on any atom is 0.242 e. The Labute approximate surface area is 161 Å². The zero-order valence-electron chi connectivity index (χ0n) is 16.1. The van der Waals surface area contributed by atoms with Crippen LogP contribution in [0, 0.1) is 5.92 Å². The molecule has 1 aromatic carbocycles. The lowest BCUT2D eigenvalue weighted by Gasteiger charge is -2.52. The number of carbonyl (C=O) groups is 1. The van der Waals surface area contributed by atoms with E-state index in [1.165, 1.54) is 0 Å². The van der Waals surface area contributed by atoms with E-state index in [1.807, 2.05) is 46.0 Å². The van der Waals surface area contributed by atoms with Gasteiger partial charge in [-0.15, -0.1) is 0 Å². The number of benzene rings is 1. The number of piperidine rings is 1. The van der Waals surface area contributed by atoms with Gasteiger partial charge in [0.1, 0.15) is 12.4 Å². The Morgan fingerprint density at radius 3 is 2.81 bits per heavy atom. The van der Waals surface area contributed by atoms with E-state index in [4.69, 9.17) is 0 Å². The third-order valence-electron chi connectivity index (χ3n) is 6.49. The van der Waals surface area contributed by atoms with Crippen molar-refractivity contribution >= 4 is 5.91 Å². The van der Waals surface area contributed by atoms with Gasteiger partial charge in [-0.2, -0.15) is 0 Å². The number of amides is 1. The Hall–Kier alpha value is -2.14. The Balaban J connectivity index is 1.57. The van der Waals surface area contributed by atoms with Crippen molar-refractivity contribution in [3.8, 4) is 0 Å². The van der Waals surface area contributed by atoms with Crippen molar-refractivity contribution in [1.82, 2.24) is 14.5 Å². The molecule has 5 nitrogen and oxygen atoms in total. The summed E-state index contributed by atoms with van der Waals surface area (Å²) in [4.78, 5) is 19.5. The van der Waals surface area contributed by atoms with Gasteiger partial charge in [0.25, 0.3) is 0 Å². The molecule has 1 saturated carbocycles. The van der Waals surface area contributed by atoms with E-state index in [1.54, 1.807) is 6.20 Å². The minimum absolute atomic E-state index is 0.111. The Kier molecular flexibility index (Phi) is 5.04. The van der Waals surface area contributed by atoms with Crippen molar-refractivity contribution in [2.45, 2.75) is 63.6 Å². The summed E-state index contributed by atoms with van der Waals surface area (Å²) in [5.74, 6) is 1.20. The average Bonchev–Trinajstić information content (AvgIpc) is 3.16. The van der Waals surface area contributed by atoms with Gasteiger partial charge in [0.15, 0.2) is 0 Å². The van der Waals surface area contributed by atoms with Crippen molar-refractivity contribution in [3.63, 3.8) is 0 Å². The zero-order valence-corrected chi connectivity index (χ0v) is 16.1. The van der Waals surface area contributed by atoms with E-state index < -0.39 is 5.60 Å². The van der Waals surface area contributed by atoms with Crippen LogP contribution in [0.3, 0.4) is 0 Å². The van der Waals surface area contributed by atoms with Crippen LogP contribution < -0.4 is 0 Å². The zero-order chi connectivity index (χ0) is 18.9. The topological polar surface area (TPSA) is 58.4 Å². The molecule has 0 bridgehead atoms.